The van der Waals surface area contributed by atoms with Crippen molar-refractivity contribution < 1.29 is 34.1 Å². The minimum absolute atomic E-state index is 0.0166. The number of likely N-dealkylation sites (tertiary alicyclic amines) is 1. The van der Waals surface area contributed by atoms with E-state index in [4.69, 9.17) is 19.8 Å². The normalized spacial score (nSPS) is 21.2. The second kappa shape index (κ2) is 16.2. The minimum atomic E-state index is -0.735. The van der Waals surface area contributed by atoms with Crippen LogP contribution in [0.3, 0.4) is 0 Å². The molecule has 1 aromatic rings. The number of carbonyl (C=O) groups is 2. The fourth-order valence-electron chi connectivity index (χ4n) is 4.43. The molecule has 0 radical (unpaired) electrons. The summed E-state index contributed by atoms with van der Waals surface area (Å²) in [5.74, 6) is -1.52. The van der Waals surface area contributed by atoms with Crippen LogP contribution in [0.4, 0.5) is 0 Å². The topological polar surface area (TPSA) is 167 Å². The van der Waals surface area contributed by atoms with Crippen molar-refractivity contribution in [2.45, 2.75) is 64.1 Å². The maximum absolute atomic E-state index is 13.0. The van der Waals surface area contributed by atoms with Crippen LogP contribution in [0, 0.1) is 0 Å². The van der Waals surface area contributed by atoms with Crippen molar-refractivity contribution in [1.82, 2.24) is 4.90 Å². The van der Waals surface area contributed by atoms with Gasteiger partial charge in [-0.1, -0.05) is 28.5 Å². The van der Waals surface area contributed by atoms with E-state index in [2.05, 4.69) is 15.2 Å². The van der Waals surface area contributed by atoms with E-state index >= 15 is 0 Å². The number of benzene rings is 1. The first-order valence-electron chi connectivity index (χ1n) is 13.6. The molecule has 2 heterocycles. The molecule has 2 N–H and O–H groups in total. The molecule has 216 valence electrons. The first-order valence-corrected chi connectivity index (χ1v) is 13.6. The third kappa shape index (κ3) is 9.94. The van der Waals surface area contributed by atoms with Gasteiger partial charge in [0.25, 0.3) is 5.91 Å². The summed E-state index contributed by atoms with van der Waals surface area (Å²) in [4.78, 5) is 35.5. The van der Waals surface area contributed by atoms with Crippen LogP contribution in [-0.4, -0.2) is 77.8 Å². The molecule has 1 saturated heterocycles. The summed E-state index contributed by atoms with van der Waals surface area (Å²) in [6, 6.07) is 2.45. The first kappa shape index (κ1) is 30.5. The maximum atomic E-state index is 13.0. The number of hydrogen-bond acceptors (Lipinski definition) is 9. The number of hydrogen-bond donors (Lipinski definition) is 2. The van der Waals surface area contributed by atoms with Crippen molar-refractivity contribution in [2.75, 3.05) is 32.8 Å². The number of azide groups is 1. The maximum Gasteiger partial charge on any atom is 0.342 e. The van der Waals surface area contributed by atoms with Gasteiger partial charge in [0.05, 0.1) is 11.8 Å². The van der Waals surface area contributed by atoms with Crippen molar-refractivity contribution in [3.05, 3.63) is 58.0 Å². The number of rotatable bonds is 8. The lowest BCUT2D eigenvalue weighted by molar-refractivity contribution is -0.137. The lowest BCUT2D eigenvalue weighted by Crippen LogP contribution is -2.37. The summed E-state index contributed by atoms with van der Waals surface area (Å²) >= 11 is 0. The van der Waals surface area contributed by atoms with Gasteiger partial charge in [-0.3, -0.25) is 4.79 Å². The van der Waals surface area contributed by atoms with E-state index in [0.29, 0.717) is 56.8 Å². The summed E-state index contributed by atoms with van der Waals surface area (Å²) in [7, 11) is 0. The van der Waals surface area contributed by atoms with Gasteiger partial charge in [0, 0.05) is 50.1 Å². The molecule has 1 amide bonds. The highest BCUT2D eigenvalue weighted by molar-refractivity contribution is 6.00. The summed E-state index contributed by atoms with van der Waals surface area (Å²) in [5, 5.41) is 28.3. The molecule has 3 rings (SSSR count). The summed E-state index contributed by atoms with van der Waals surface area (Å²) in [5.41, 5.74) is 9.03. The second-order valence-corrected chi connectivity index (χ2v) is 9.71. The highest BCUT2D eigenvalue weighted by Crippen LogP contribution is 2.29. The van der Waals surface area contributed by atoms with Crippen LogP contribution < -0.4 is 0 Å². The third-order valence-electron chi connectivity index (χ3n) is 6.44. The lowest BCUT2D eigenvalue weighted by Gasteiger charge is -2.26. The second-order valence-electron chi connectivity index (χ2n) is 9.71. The van der Waals surface area contributed by atoms with Crippen molar-refractivity contribution >= 4 is 17.6 Å². The Morgan fingerprint density at radius 2 is 2.00 bits per heavy atom. The number of nitrogens with zero attached hydrogens (tertiary/aromatic N) is 5. The van der Waals surface area contributed by atoms with Crippen LogP contribution in [0.2, 0.25) is 0 Å². The van der Waals surface area contributed by atoms with Gasteiger partial charge in [-0.2, -0.15) is 0 Å². The number of amides is 1. The molecule has 1 unspecified atom stereocenters. The van der Waals surface area contributed by atoms with Crippen LogP contribution >= 0.6 is 0 Å². The largest absolute Gasteiger partial charge is 0.508 e. The molecule has 0 spiro atoms. The number of piperidine rings is 1. The molecule has 12 heteroatoms. The molecule has 1 aromatic carbocycles. The zero-order valence-electron chi connectivity index (χ0n) is 22.8. The monoisotopic (exact) mass is 555 g/mol. The number of carbonyl (C=O) groups excluding carboxylic acids is 2. The minimum Gasteiger partial charge on any atom is -0.508 e. The number of cyclic esters (lactones) is 1. The molecule has 1 fully saturated rings. The smallest absolute Gasteiger partial charge is 0.342 e. The Labute approximate surface area is 233 Å². The molecule has 0 bridgehead atoms. The van der Waals surface area contributed by atoms with Gasteiger partial charge >= 0.3 is 5.97 Å². The number of aromatic hydroxyl groups is 2. The number of phenolic OH excluding ortho intramolecular Hbond substituents is 2. The fourth-order valence-corrected chi connectivity index (χ4v) is 4.43. The zero-order valence-corrected chi connectivity index (χ0v) is 22.8. The highest BCUT2D eigenvalue weighted by atomic mass is 16.6. The Morgan fingerprint density at radius 3 is 2.77 bits per heavy atom. The Balaban J connectivity index is 1.84. The van der Waals surface area contributed by atoms with E-state index in [1.54, 1.807) is 17.9 Å². The number of phenols is 2. The number of ether oxygens (including phenoxy) is 2. The number of oxime groups is 1. The summed E-state index contributed by atoms with van der Waals surface area (Å²) in [6.45, 7) is 3.63. The molecular formula is C28H37N5O7. The Hall–Kier alpha value is -4.02. The fraction of sp³-hybridized carbons (Fsp3) is 0.536. The average molecular weight is 556 g/mol. The van der Waals surface area contributed by atoms with Gasteiger partial charge in [-0.25, -0.2) is 4.79 Å². The molecule has 2 atom stereocenters. The molecule has 0 saturated carbocycles. The standard InChI is InChI=1S/C28H37N5O7/c1-20-8-5-10-24(38-15-7-12-30-32-29)11-6-9-22(31-39-19-26(36)33-13-3-2-4-14-33)16-21-17-23(34)18-25(35)27(21)28(37)40-20/h5-6,9-10,17-18,20,24,34-35H,2-4,7-8,11-16,19H2,1H3/t20-,24?/m1/s1. The van der Waals surface area contributed by atoms with Crippen LogP contribution in [0.25, 0.3) is 10.4 Å². The van der Waals surface area contributed by atoms with Gasteiger partial charge in [-0.15, -0.1) is 0 Å². The molecule has 12 nitrogen and oxygen atoms in total. The molecule has 0 aromatic heterocycles. The molecule has 2 aliphatic rings. The first-order chi connectivity index (χ1) is 19.4. The third-order valence-corrected chi connectivity index (χ3v) is 6.44. The van der Waals surface area contributed by atoms with Gasteiger partial charge < -0.3 is 29.4 Å². The van der Waals surface area contributed by atoms with E-state index in [1.807, 2.05) is 18.2 Å². The molecule has 2 aliphatic heterocycles. The van der Waals surface area contributed by atoms with Gasteiger partial charge in [0.2, 0.25) is 0 Å². The number of allylic oxidation sites excluding steroid dienone is 1. The SMILES string of the molecule is C[C@@H]1CC=CC(OCCCN=[N+]=[N-])CC=CC(=NOCC(=O)N2CCCCC2)Cc2cc(O)cc(O)c2C(=O)O1. The van der Waals surface area contributed by atoms with Gasteiger partial charge in [0.1, 0.15) is 23.2 Å². The molecular weight excluding hydrogens is 518 g/mol. The predicted octanol–water partition coefficient (Wildman–Crippen LogP) is 4.56. The van der Waals surface area contributed by atoms with Crippen molar-refractivity contribution in [3.63, 3.8) is 0 Å². The Morgan fingerprint density at radius 1 is 1.20 bits per heavy atom. The van der Waals surface area contributed by atoms with Crippen LogP contribution in [0.1, 0.15) is 61.4 Å². The van der Waals surface area contributed by atoms with Crippen molar-refractivity contribution in [3.8, 4) is 11.5 Å². The lowest BCUT2D eigenvalue weighted by atomic mass is 9.99. The van der Waals surface area contributed by atoms with Gasteiger partial charge in [0.15, 0.2) is 6.61 Å². The highest BCUT2D eigenvalue weighted by Gasteiger charge is 2.23. The predicted molar refractivity (Wildman–Crippen MR) is 148 cm³/mol. The summed E-state index contributed by atoms with van der Waals surface area (Å²) < 4.78 is 11.5. The number of fused-ring (bicyclic) bond motifs is 1. The zero-order chi connectivity index (χ0) is 28.7. The molecule has 40 heavy (non-hydrogen) atoms. The average Bonchev–Trinajstić information content (AvgIpc) is 2.92. The molecule has 0 aliphatic carbocycles. The quantitative estimate of drug-likeness (QED) is 0.0901. The van der Waals surface area contributed by atoms with Gasteiger partial charge in [-0.05, 0) is 62.3 Å². The Kier molecular flexibility index (Phi) is 12.3. The van der Waals surface area contributed by atoms with Crippen LogP contribution in [0.5, 0.6) is 11.5 Å². The van der Waals surface area contributed by atoms with Crippen molar-refractivity contribution in [2.24, 2.45) is 10.3 Å². The van der Waals surface area contributed by atoms with E-state index in [-0.39, 0.29) is 36.4 Å². The van der Waals surface area contributed by atoms with Crippen LogP contribution in [-0.2, 0) is 25.5 Å². The van der Waals surface area contributed by atoms with E-state index in [0.717, 1.165) is 25.3 Å². The Bertz CT molecular complexity index is 1150. The number of esters is 1. The van der Waals surface area contributed by atoms with E-state index in [9.17, 15) is 19.8 Å². The van der Waals surface area contributed by atoms with Crippen LogP contribution in [0.15, 0.2) is 46.7 Å². The summed E-state index contributed by atoms with van der Waals surface area (Å²) in [6.07, 6.45) is 11.0. The van der Waals surface area contributed by atoms with E-state index < -0.39 is 17.8 Å². The van der Waals surface area contributed by atoms with Crippen molar-refractivity contribution in [1.29, 1.82) is 0 Å². The van der Waals surface area contributed by atoms with E-state index in [1.165, 1.54) is 6.07 Å².